The molecule has 0 aliphatic carbocycles. The number of hydrogen-bond acceptors (Lipinski definition) is 4. The summed E-state index contributed by atoms with van der Waals surface area (Å²) in [6.45, 7) is 6.62. The highest BCUT2D eigenvalue weighted by Crippen LogP contribution is 2.27. The molecule has 0 saturated heterocycles. The van der Waals surface area contributed by atoms with Crippen molar-refractivity contribution in [2.45, 2.75) is 20.8 Å². The Bertz CT molecular complexity index is 868. The molecule has 1 aromatic heterocycles. The molecule has 1 heterocycles. The number of thiazole rings is 1. The van der Waals surface area contributed by atoms with Gasteiger partial charge in [0.05, 0.1) is 17.3 Å². The van der Waals surface area contributed by atoms with Gasteiger partial charge >= 0.3 is 0 Å². The van der Waals surface area contributed by atoms with Gasteiger partial charge in [-0.25, -0.2) is 4.98 Å². The van der Waals surface area contributed by atoms with Crippen molar-refractivity contribution in [3.8, 4) is 17.0 Å². The SMILES string of the molecule is CCOc1ccc(NC(=O)c2ccc(-c3nc(C)sc3C)cc2)cc1. The van der Waals surface area contributed by atoms with Crippen molar-refractivity contribution < 1.29 is 9.53 Å². The maximum Gasteiger partial charge on any atom is 0.255 e. The van der Waals surface area contributed by atoms with Crippen LogP contribution in [0.4, 0.5) is 5.69 Å². The standard InChI is InChI=1S/C20H20N2O2S/c1-4-24-18-11-9-17(10-12-18)22-20(23)16-7-5-15(6-8-16)19-13(2)25-14(3)21-19/h5-12H,4H2,1-3H3,(H,22,23). The van der Waals surface area contributed by atoms with Gasteiger partial charge in [0.15, 0.2) is 0 Å². The van der Waals surface area contributed by atoms with Crippen molar-refractivity contribution in [3.05, 3.63) is 64.0 Å². The minimum absolute atomic E-state index is 0.137. The summed E-state index contributed by atoms with van der Waals surface area (Å²) < 4.78 is 5.40. The van der Waals surface area contributed by atoms with E-state index in [4.69, 9.17) is 4.74 Å². The van der Waals surface area contributed by atoms with Crippen molar-refractivity contribution in [3.63, 3.8) is 0 Å². The Hall–Kier alpha value is -2.66. The van der Waals surface area contributed by atoms with Crippen LogP contribution in [0, 0.1) is 13.8 Å². The van der Waals surface area contributed by atoms with E-state index in [2.05, 4.69) is 17.2 Å². The lowest BCUT2D eigenvalue weighted by Crippen LogP contribution is -2.11. The minimum atomic E-state index is -0.137. The molecule has 0 bridgehead atoms. The number of benzene rings is 2. The highest BCUT2D eigenvalue weighted by Gasteiger charge is 2.10. The topological polar surface area (TPSA) is 51.2 Å². The van der Waals surface area contributed by atoms with E-state index in [9.17, 15) is 4.79 Å². The maximum atomic E-state index is 12.4. The Morgan fingerprint density at radius 2 is 1.76 bits per heavy atom. The monoisotopic (exact) mass is 352 g/mol. The molecule has 1 N–H and O–H groups in total. The molecule has 3 aromatic rings. The molecule has 0 aliphatic heterocycles. The van der Waals surface area contributed by atoms with Crippen molar-refractivity contribution in [1.29, 1.82) is 0 Å². The van der Waals surface area contributed by atoms with Gasteiger partial charge in [-0.2, -0.15) is 0 Å². The lowest BCUT2D eigenvalue weighted by molar-refractivity contribution is 0.102. The lowest BCUT2D eigenvalue weighted by Gasteiger charge is -2.08. The van der Waals surface area contributed by atoms with Gasteiger partial charge in [-0.05, 0) is 57.2 Å². The summed E-state index contributed by atoms with van der Waals surface area (Å²) in [5, 5.41) is 3.94. The summed E-state index contributed by atoms with van der Waals surface area (Å²) in [4.78, 5) is 18.1. The van der Waals surface area contributed by atoms with Crippen LogP contribution in [-0.2, 0) is 0 Å². The molecule has 0 spiro atoms. The first kappa shape index (κ1) is 17.2. The summed E-state index contributed by atoms with van der Waals surface area (Å²) in [6.07, 6.45) is 0. The quantitative estimate of drug-likeness (QED) is 0.697. The van der Waals surface area contributed by atoms with Gasteiger partial charge in [-0.3, -0.25) is 4.79 Å². The Labute approximate surface area is 151 Å². The average molecular weight is 352 g/mol. The van der Waals surface area contributed by atoms with Gasteiger partial charge in [0.2, 0.25) is 0 Å². The van der Waals surface area contributed by atoms with Crippen LogP contribution in [0.25, 0.3) is 11.3 Å². The van der Waals surface area contributed by atoms with Crippen LogP contribution in [0.5, 0.6) is 5.75 Å². The number of anilines is 1. The molecule has 3 rings (SSSR count). The molecule has 4 nitrogen and oxygen atoms in total. The fourth-order valence-electron chi connectivity index (χ4n) is 2.58. The van der Waals surface area contributed by atoms with Gasteiger partial charge in [0.25, 0.3) is 5.91 Å². The third-order valence-corrected chi connectivity index (χ3v) is 4.63. The zero-order chi connectivity index (χ0) is 17.8. The zero-order valence-electron chi connectivity index (χ0n) is 14.5. The van der Waals surface area contributed by atoms with E-state index in [0.717, 1.165) is 27.7 Å². The third kappa shape index (κ3) is 4.06. The number of amides is 1. The second-order valence-electron chi connectivity index (χ2n) is 5.63. The highest BCUT2D eigenvalue weighted by atomic mass is 32.1. The number of ether oxygens (including phenoxy) is 1. The van der Waals surface area contributed by atoms with E-state index in [1.54, 1.807) is 11.3 Å². The van der Waals surface area contributed by atoms with Gasteiger partial charge in [-0.15, -0.1) is 11.3 Å². The number of nitrogens with one attached hydrogen (secondary N) is 1. The smallest absolute Gasteiger partial charge is 0.255 e. The Morgan fingerprint density at radius 1 is 1.08 bits per heavy atom. The normalized spacial score (nSPS) is 10.5. The van der Waals surface area contributed by atoms with Crippen molar-refractivity contribution >= 4 is 22.9 Å². The van der Waals surface area contributed by atoms with Crippen LogP contribution in [0.3, 0.4) is 0 Å². The fourth-order valence-corrected chi connectivity index (χ4v) is 3.42. The number of aromatic nitrogens is 1. The molecular formula is C20H20N2O2S. The predicted molar refractivity (Wildman–Crippen MR) is 103 cm³/mol. The molecule has 128 valence electrons. The molecule has 2 aromatic carbocycles. The minimum Gasteiger partial charge on any atom is -0.494 e. The molecule has 5 heteroatoms. The van der Waals surface area contributed by atoms with E-state index < -0.39 is 0 Å². The number of hydrogen-bond donors (Lipinski definition) is 1. The molecule has 0 fully saturated rings. The maximum absolute atomic E-state index is 12.4. The van der Waals surface area contributed by atoms with Crippen LogP contribution in [0.15, 0.2) is 48.5 Å². The molecule has 0 radical (unpaired) electrons. The average Bonchev–Trinajstić information content (AvgIpc) is 2.95. The van der Waals surface area contributed by atoms with E-state index in [-0.39, 0.29) is 5.91 Å². The van der Waals surface area contributed by atoms with Crippen molar-refractivity contribution in [2.75, 3.05) is 11.9 Å². The number of nitrogens with zero attached hydrogens (tertiary/aromatic N) is 1. The first-order valence-corrected chi connectivity index (χ1v) is 8.97. The van der Waals surface area contributed by atoms with Crippen molar-refractivity contribution in [2.24, 2.45) is 0 Å². The van der Waals surface area contributed by atoms with Crippen LogP contribution in [-0.4, -0.2) is 17.5 Å². The van der Waals surface area contributed by atoms with Crippen LogP contribution in [0.1, 0.15) is 27.2 Å². The van der Waals surface area contributed by atoms with Crippen LogP contribution in [0.2, 0.25) is 0 Å². The second-order valence-corrected chi connectivity index (χ2v) is 7.03. The Balaban J connectivity index is 1.71. The first-order valence-electron chi connectivity index (χ1n) is 8.15. The summed E-state index contributed by atoms with van der Waals surface area (Å²) in [5.74, 6) is 0.653. The number of carbonyl (C=O) groups excluding carboxylic acids is 1. The molecule has 0 unspecified atom stereocenters. The van der Waals surface area contributed by atoms with Crippen LogP contribution < -0.4 is 10.1 Å². The van der Waals surface area contributed by atoms with Crippen LogP contribution >= 0.6 is 11.3 Å². The first-order chi connectivity index (χ1) is 12.1. The second kappa shape index (κ2) is 7.49. The summed E-state index contributed by atoms with van der Waals surface area (Å²) in [5.41, 5.74) is 3.37. The fraction of sp³-hybridized carbons (Fsp3) is 0.200. The molecule has 25 heavy (non-hydrogen) atoms. The highest BCUT2D eigenvalue weighted by molar-refractivity contribution is 7.11. The Kier molecular flexibility index (Phi) is 5.14. The summed E-state index contributed by atoms with van der Waals surface area (Å²) in [7, 11) is 0. The van der Waals surface area contributed by atoms with E-state index in [0.29, 0.717) is 12.2 Å². The van der Waals surface area contributed by atoms with Gasteiger partial charge < -0.3 is 10.1 Å². The number of rotatable bonds is 5. The van der Waals surface area contributed by atoms with Gasteiger partial charge in [-0.1, -0.05) is 12.1 Å². The lowest BCUT2D eigenvalue weighted by atomic mass is 10.1. The Morgan fingerprint density at radius 3 is 2.32 bits per heavy atom. The number of carbonyl (C=O) groups is 1. The van der Waals surface area contributed by atoms with E-state index in [1.165, 1.54) is 4.88 Å². The van der Waals surface area contributed by atoms with Crippen molar-refractivity contribution in [1.82, 2.24) is 4.98 Å². The van der Waals surface area contributed by atoms with E-state index in [1.807, 2.05) is 62.4 Å². The molecule has 0 atom stereocenters. The molecular weight excluding hydrogens is 332 g/mol. The van der Waals surface area contributed by atoms with Gasteiger partial charge in [0, 0.05) is 21.7 Å². The zero-order valence-corrected chi connectivity index (χ0v) is 15.3. The summed E-state index contributed by atoms with van der Waals surface area (Å²) in [6, 6.07) is 14.9. The third-order valence-electron chi connectivity index (χ3n) is 3.75. The molecule has 0 aliphatic rings. The number of aryl methyl sites for hydroxylation is 2. The molecule has 0 saturated carbocycles. The summed E-state index contributed by atoms with van der Waals surface area (Å²) >= 11 is 1.68. The van der Waals surface area contributed by atoms with Gasteiger partial charge in [0.1, 0.15) is 5.75 Å². The van der Waals surface area contributed by atoms with E-state index >= 15 is 0 Å². The largest absolute Gasteiger partial charge is 0.494 e. The molecule has 1 amide bonds. The predicted octanol–water partition coefficient (Wildman–Crippen LogP) is 5.08.